The molecule has 5 heteroatoms. The van der Waals surface area contributed by atoms with Gasteiger partial charge in [0.25, 0.3) is 0 Å². The van der Waals surface area contributed by atoms with Crippen LogP contribution in [-0.2, 0) is 16.9 Å². The van der Waals surface area contributed by atoms with E-state index < -0.39 is 11.6 Å². The first-order valence-corrected chi connectivity index (χ1v) is 6.45. The molecule has 112 valence electrons. The van der Waals surface area contributed by atoms with Crippen molar-refractivity contribution in [3.05, 3.63) is 23.3 Å². The molecule has 0 saturated heterocycles. The van der Waals surface area contributed by atoms with Gasteiger partial charge in [-0.3, -0.25) is 4.79 Å². The molecule has 4 nitrogen and oxygen atoms in total. The molecule has 0 spiro atoms. The highest BCUT2D eigenvalue weighted by Crippen LogP contribution is 2.38. The lowest BCUT2D eigenvalue weighted by Gasteiger charge is -2.20. The van der Waals surface area contributed by atoms with Crippen molar-refractivity contribution in [1.82, 2.24) is 0 Å². The van der Waals surface area contributed by atoms with Crippen LogP contribution in [0.15, 0.2) is 12.1 Å². The number of alkyl halides is 1. The molecule has 0 fully saturated rings. The molecule has 0 aliphatic rings. The Hall–Kier alpha value is -1.78. The zero-order valence-electron chi connectivity index (χ0n) is 12.3. The SMILES string of the molecule is COc1cc(C(C)(C)F)cc(CCCC(=O)O)c1OC. The van der Waals surface area contributed by atoms with Crippen LogP contribution >= 0.6 is 0 Å². The quantitative estimate of drug-likeness (QED) is 0.834. The summed E-state index contributed by atoms with van der Waals surface area (Å²) in [5.74, 6) is 0.143. The summed E-state index contributed by atoms with van der Waals surface area (Å²) in [4.78, 5) is 10.6. The average Bonchev–Trinajstić information content (AvgIpc) is 2.36. The van der Waals surface area contributed by atoms with Gasteiger partial charge in [0.15, 0.2) is 11.5 Å². The molecule has 1 aromatic rings. The van der Waals surface area contributed by atoms with Crippen LogP contribution in [0.25, 0.3) is 0 Å². The van der Waals surface area contributed by atoms with Crippen LogP contribution in [0.2, 0.25) is 0 Å². The summed E-state index contributed by atoms with van der Waals surface area (Å²) in [6, 6.07) is 3.32. The number of aliphatic carboxylic acids is 1. The number of ether oxygens (including phenoxy) is 2. The largest absolute Gasteiger partial charge is 0.493 e. The van der Waals surface area contributed by atoms with E-state index in [1.807, 2.05) is 0 Å². The maximum absolute atomic E-state index is 14.1. The number of carboxylic acid groups (broad SMARTS) is 1. The van der Waals surface area contributed by atoms with Gasteiger partial charge in [-0.1, -0.05) is 0 Å². The van der Waals surface area contributed by atoms with Gasteiger partial charge in [-0.05, 0) is 49.9 Å². The molecule has 0 aliphatic heterocycles. The molecule has 1 N–H and O–H groups in total. The molecule has 0 radical (unpaired) electrons. The van der Waals surface area contributed by atoms with Crippen LogP contribution in [0.4, 0.5) is 4.39 Å². The second-order valence-corrected chi connectivity index (χ2v) is 5.09. The summed E-state index contributed by atoms with van der Waals surface area (Å²) in [6.07, 6.45) is 1.02. The number of halogens is 1. The Morgan fingerprint density at radius 2 is 1.95 bits per heavy atom. The molecular formula is C15H21FO4. The van der Waals surface area contributed by atoms with E-state index in [0.29, 0.717) is 29.9 Å². The van der Waals surface area contributed by atoms with E-state index in [2.05, 4.69) is 0 Å². The van der Waals surface area contributed by atoms with E-state index in [4.69, 9.17) is 14.6 Å². The maximum Gasteiger partial charge on any atom is 0.303 e. The Morgan fingerprint density at radius 1 is 1.30 bits per heavy atom. The van der Waals surface area contributed by atoms with Gasteiger partial charge in [-0.25, -0.2) is 4.39 Å². The topological polar surface area (TPSA) is 55.8 Å². The number of benzene rings is 1. The molecule has 0 heterocycles. The molecule has 20 heavy (non-hydrogen) atoms. The van der Waals surface area contributed by atoms with Crippen molar-refractivity contribution in [2.45, 2.75) is 38.8 Å². The molecule has 0 unspecified atom stereocenters. The van der Waals surface area contributed by atoms with Crippen molar-refractivity contribution in [3.8, 4) is 11.5 Å². The van der Waals surface area contributed by atoms with Gasteiger partial charge in [0, 0.05) is 6.42 Å². The average molecular weight is 284 g/mol. The lowest BCUT2D eigenvalue weighted by Crippen LogP contribution is -2.11. The van der Waals surface area contributed by atoms with Crippen molar-refractivity contribution in [2.75, 3.05) is 14.2 Å². The first-order chi connectivity index (χ1) is 9.29. The van der Waals surface area contributed by atoms with Crippen LogP contribution in [0, 0.1) is 0 Å². The highest BCUT2D eigenvalue weighted by atomic mass is 19.1. The molecule has 0 saturated carbocycles. The van der Waals surface area contributed by atoms with E-state index in [1.165, 1.54) is 28.1 Å². The molecule has 0 aliphatic carbocycles. The van der Waals surface area contributed by atoms with Crippen molar-refractivity contribution in [2.24, 2.45) is 0 Å². The molecule has 1 aromatic carbocycles. The smallest absolute Gasteiger partial charge is 0.303 e. The maximum atomic E-state index is 14.1. The number of hydrogen-bond donors (Lipinski definition) is 1. The molecule has 0 aromatic heterocycles. The Kier molecular flexibility index (Phi) is 5.36. The number of hydrogen-bond acceptors (Lipinski definition) is 3. The second-order valence-electron chi connectivity index (χ2n) is 5.09. The third kappa shape index (κ3) is 4.11. The van der Waals surface area contributed by atoms with E-state index in [9.17, 15) is 9.18 Å². The predicted octanol–water partition coefficient (Wildman–Crippen LogP) is 3.32. The first kappa shape index (κ1) is 16.3. The minimum Gasteiger partial charge on any atom is -0.493 e. The van der Waals surface area contributed by atoms with Gasteiger partial charge < -0.3 is 14.6 Å². The van der Waals surface area contributed by atoms with Gasteiger partial charge in [0.05, 0.1) is 14.2 Å². The van der Waals surface area contributed by atoms with Gasteiger partial charge in [0.1, 0.15) is 5.67 Å². The van der Waals surface area contributed by atoms with Gasteiger partial charge >= 0.3 is 5.97 Å². The monoisotopic (exact) mass is 284 g/mol. The Labute approximate surface area is 118 Å². The fourth-order valence-corrected chi connectivity index (χ4v) is 2.00. The molecular weight excluding hydrogens is 263 g/mol. The molecule has 1 rings (SSSR count). The molecule has 0 bridgehead atoms. The fourth-order valence-electron chi connectivity index (χ4n) is 2.00. The van der Waals surface area contributed by atoms with Gasteiger partial charge in [0.2, 0.25) is 0 Å². The number of rotatable bonds is 7. The third-order valence-corrected chi connectivity index (χ3v) is 3.08. The summed E-state index contributed by atoms with van der Waals surface area (Å²) in [7, 11) is 3.01. The third-order valence-electron chi connectivity index (χ3n) is 3.08. The summed E-state index contributed by atoms with van der Waals surface area (Å²) in [6.45, 7) is 2.94. The minimum atomic E-state index is -1.50. The lowest BCUT2D eigenvalue weighted by atomic mass is 9.95. The standard InChI is InChI=1S/C15H21FO4/c1-15(2,16)11-8-10(6-5-7-13(17)18)14(20-4)12(9-11)19-3/h8-9H,5-7H2,1-4H3,(H,17,18). The van der Waals surface area contributed by atoms with E-state index >= 15 is 0 Å². The zero-order chi connectivity index (χ0) is 15.3. The summed E-state index contributed by atoms with van der Waals surface area (Å²) in [5, 5.41) is 8.69. The van der Waals surface area contributed by atoms with Gasteiger partial charge in [-0.2, -0.15) is 0 Å². The van der Waals surface area contributed by atoms with Crippen molar-refractivity contribution in [1.29, 1.82) is 0 Å². The van der Waals surface area contributed by atoms with Crippen molar-refractivity contribution in [3.63, 3.8) is 0 Å². The fraction of sp³-hybridized carbons (Fsp3) is 0.533. The lowest BCUT2D eigenvalue weighted by molar-refractivity contribution is -0.137. The first-order valence-electron chi connectivity index (χ1n) is 6.45. The minimum absolute atomic E-state index is 0.0642. The Bertz CT molecular complexity index is 477. The van der Waals surface area contributed by atoms with Crippen LogP contribution in [0.1, 0.15) is 37.8 Å². The number of aryl methyl sites for hydroxylation is 1. The predicted molar refractivity (Wildman–Crippen MR) is 74.3 cm³/mol. The summed E-state index contributed by atoms with van der Waals surface area (Å²) >= 11 is 0. The van der Waals surface area contributed by atoms with Gasteiger partial charge in [-0.15, -0.1) is 0 Å². The van der Waals surface area contributed by atoms with E-state index in [-0.39, 0.29) is 6.42 Å². The van der Waals surface area contributed by atoms with E-state index in [1.54, 1.807) is 12.1 Å². The summed E-state index contributed by atoms with van der Waals surface area (Å²) in [5.41, 5.74) is -0.254. The number of carbonyl (C=O) groups is 1. The number of carboxylic acids is 1. The van der Waals surface area contributed by atoms with Crippen molar-refractivity contribution >= 4 is 5.97 Å². The highest BCUT2D eigenvalue weighted by Gasteiger charge is 2.23. The van der Waals surface area contributed by atoms with E-state index in [0.717, 1.165) is 5.56 Å². The second kappa shape index (κ2) is 6.59. The highest BCUT2D eigenvalue weighted by molar-refractivity contribution is 5.66. The van der Waals surface area contributed by atoms with Crippen LogP contribution in [-0.4, -0.2) is 25.3 Å². The number of methoxy groups -OCH3 is 2. The Morgan fingerprint density at radius 3 is 2.40 bits per heavy atom. The zero-order valence-corrected chi connectivity index (χ0v) is 12.3. The van der Waals surface area contributed by atoms with Crippen LogP contribution in [0.3, 0.4) is 0 Å². The Balaban J connectivity index is 3.14. The molecule has 0 atom stereocenters. The normalized spacial score (nSPS) is 11.2. The van der Waals surface area contributed by atoms with Crippen LogP contribution < -0.4 is 9.47 Å². The molecule has 0 amide bonds. The summed E-state index contributed by atoms with van der Waals surface area (Å²) < 4.78 is 24.6. The van der Waals surface area contributed by atoms with Crippen molar-refractivity contribution < 1.29 is 23.8 Å². The van der Waals surface area contributed by atoms with Crippen LogP contribution in [0.5, 0.6) is 11.5 Å².